The van der Waals surface area contributed by atoms with Gasteiger partial charge in [0, 0.05) is 23.5 Å². The number of hydrogen-bond donors (Lipinski definition) is 0. The summed E-state index contributed by atoms with van der Waals surface area (Å²) in [5.41, 5.74) is 4.45. The zero-order chi connectivity index (χ0) is 20.4. The molecule has 4 heteroatoms. The number of rotatable bonds is 4. The molecule has 0 radical (unpaired) electrons. The van der Waals surface area contributed by atoms with Crippen LogP contribution in [0.25, 0.3) is 22.2 Å². The summed E-state index contributed by atoms with van der Waals surface area (Å²) < 4.78 is 5.29. The lowest BCUT2D eigenvalue weighted by atomic mass is 9.94. The summed E-state index contributed by atoms with van der Waals surface area (Å²) in [6, 6.07) is 16.2. The Kier molecular flexibility index (Phi) is 5.52. The molecule has 4 rings (SSSR count). The van der Waals surface area contributed by atoms with Gasteiger partial charge in [0.25, 0.3) is 5.91 Å². The number of aromatic nitrogens is 1. The number of benzene rings is 2. The predicted octanol–water partition coefficient (Wildman–Crippen LogP) is 5.62. The van der Waals surface area contributed by atoms with Gasteiger partial charge in [0.05, 0.1) is 23.9 Å². The summed E-state index contributed by atoms with van der Waals surface area (Å²) in [5.74, 6) is 0.949. The second kappa shape index (κ2) is 8.24. The van der Waals surface area contributed by atoms with Crippen molar-refractivity contribution in [3.05, 3.63) is 59.7 Å². The zero-order valence-corrected chi connectivity index (χ0v) is 17.4. The van der Waals surface area contributed by atoms with E-state index in [4.69, 9.17) is 9.72 Å². The van der Waals surface area contributed by atoms with E-state index >= 15 is 0 Å². The van der Waals surface area contributed by atoms with Gasteiger partial charge in [-0.2, -0.15) is 0 Å². The number of likely N-dealkylation sites (tertiary alicyclic amines) is 1. The molecule has 0 saturated carbocycles. The Hall–Kier alpha value is -2.88. The molecule has 3 aromatic rings. The van der Waals surface area contributed by atoms with Crippen molar-refractivity contribution in [2.75, 3.05) is 13.7 Å². The van der Waals surface area contributed by atoms with E-state index in [0.29, 0.717) is 6.04 Å². The molecular weight excluding hydrogens is 360 g/mol. The van der Waals surface area contributed by atoms with Crippen LogP contribution in [0.5, 0.6) is 5.75 Å². The third-order valence-electron chi connectivity index (χ3n) is 6.07. The van der Waals surface area contributed by atoms with E-state index in [1.54, 1.807) is 7.11 Å². The molecule has 1 amide bonds. The highest BCUT2D eigenvalue weighted by Crippen LogP contribution is 2.33. The molecule has 1 fully saturated rings. The Morgan fingerprint density at radius 3 is 2.62 bits per heavy atom. The number of piperidine rings is 1. The molecule has 1 aliphatic heterocycles. The van der Waals surface area contributed by atoms with Crippen LogP contribution in [0.1, 0.15) is 48.5 Å². The Labute approximate surface area is 172 Å². The van der Waals surface area contributed by atoms with Crippen LogP contribution >= 0.6 is 0 Å². The molecule has 2 aromatic carbocycles. The predicted molar refractivity (Wildman–Crippen MR) is 117 cm³/mol. The standard InChI is InChI=1S/C25H28N2O2/c1-4-19-9-7-8-16-27(19)25(28)23-17(2)24(18-12-14-20(29-3)15-13-18)26-22-11-6-5-10-21(22)23/h5-6,10-15,19H,4,7-9,16H2,1-3H3. The van der Waals surface area contributed by atoms with Crippen molar-refractivity contribution in [1.29, 1.82) is 0 Å². The molecule has 1 atom stereocenters. The first-order valence-corrected chi connectivity index (χ1v) is 10.5. The monoisotopic (exact) mass is 388 g/mol. The summed E-state index contributed by atoms with van der Waals surface area (Å²) >= 11 is 0. The fourth-order valence-corrected chi connectivity index (χ4v) is 4.45. The summed E-state index contributed by atoms with van der Waals surface area (Å²) in [7, 11) is 1.66. The van der Waals surface area contributed by atoms with Crippen molar-refractivity contribution < 1.29 is 9.53 Å². The maximum atomic E-state index is 13.8. The van der Waals surface area contributed by atoms with E-state index in [0.717, 1.165) is 64.8 Å². The van der Waals surface area contributed by atoms with Crippen LogP contribution in [-0.4, -0.2) is 35.5 Å². The Bertz CT molecular complexity index is 1030. The van der Waals surface area contributed by atoms with Crippen molar-refractivity contribution in [1.82, 2.24) is 9.88 Å². The fourth-order valence-electron chi connectivity index (χ4n) is 4.45. The fraction of sp³-hybridized carbons (Fsp3) is 0.360. The van der Waals surface area contributed by atoms with Gasteiger partial charge in [-0.25, -0.2) is 4.98 Å². The van der Waals surface area contributed by atoms with Crippen LogP contribution in [-0.2, 0) is 0 Å². The molecule has 1 saturated heterocycles. The number of fused-ring (bicyclic) bond motifs is 1. The van der Waals surface area contributed by atoms with Crippen LogP contribution in [0.2, 0.25) is 0 Å². The maximum Gasteiger partial charge on any atom is 0.255 e. The number of ether oxygens (including phenoxy) is 1. The number of pyridine rings is 1. The summed E-state index contributed by atoms with van der Waals surface area (Å²) in [6.45, 7) is 5.04. The lowest BCUT2D eigenvalue weighted by Crippen LogP contribution is -2.43. The van der Waals surface area contributed by atoms with Gasteiger partial charge in [0.2, 0.25) is 0 Å². The van der Waals surface area contributed by atoms with E-state index in [1.807, 2.05) is 55.5 Å². The Morgan fingerprint density at radius 1 is 1.14 bits per heavy atom. The third kappa shape index (κ3) is 3.59. The second-order valence-electron chi connectivity index (χ2n) is 7.76. The first-order valence-electron chi connectivity index (χ1n) is 10.5. The average molecular weight is 389 g/mol. The quantitative estimate of drug-likeness (QED) is 0.582. The van der Waals surface area contributed by atoms with Crippen LogP contribution < -0.4 is 4.74 Å². The number of amides is 1. The molecule has 4 nitrogen and oxygen atoms in total. The third-order valence-corrected chi connectivity index (χ3v) is 6.07. The molecule has 1 aliphatic rings. The first kappa shape index (κ1) is 19.4. The van der Waals surface area contributed by atoms with E-state index < -0.39 is 0 Å². The highest BCUT2D eigenvalue weighted by molar-refractivity contribution is 6.09. The molecule has 1 unspecified atom stereocenters. The minimum Gasteiger partial charge on any atom is -0.497 e. The molecule has 150 valence electrons. The topological polar surface area (TPSA) is 42.4 Å². The summed E-state index contributed by atoms with van der Waals surface area (Å²) in [6.07, 6.45) is 4.37. The molecular formula is C25H28N2O2. The van der Waals surface area contributed by atoms with Crippen LogP contribution in [0, 0.1) is 6.92 Å². The number of nitrogens with zero attached hydrogens (tertiary/aromatic N) is 2. The summed E-state index contributed by atoms with van der Waals surface area (Å²) in [4.78, 5) is 20.8. The van der Waals surface area contributed by atoms with Gasteiger partial charge in [-0.3, -0.25) is 4.79 Å². The first-order chi connectivity index (χ1) is 14.1. The van der Waals surface area contributed by atoms with Gasteiger partial charge in [0.1, 0.15) is 5.75 Å². The van der Waals surface area contributed by atoms with Gasteiger partial charge in [0.15, 0.2) is 0 Å². The molecule has 0 bridgehead atoms. The number of carbonyl (C=O) groups excluding carboxylic acids is 1. The average Bonchev–Trinajstić information content (AvgIpc) is 2.78. The second-order valence-corrected chi connectivity index (χ2v) is 7.76. The van der Waals surface area contributed by atoms with E-state index in [2.05, 4.69) is 11.8 Å². The molecule has 0 N–H and O–H groups in total. The van der Waals surface area contributed by atoms with Gasteiger partial charge in [-0.1, -0.05) is 25.1 Å². The number of methoxy groups -OCH3 is 1. The Morgan fingerprint density at radius 2 is 1.90 bits per heavy atom. The van der Waals surface area contributed by atoms with Crippen LogP contribution in [0.3, 0.4) is 0 Å². The molecule has 29 heavy (non-hydrogen) atoms. The van der Waals surface area contributed by atoms with Crippen molar-refractivity contribution in [2.45, 2.75) is 45.6 Å². The number of hydrogen-bond acceptors (Lipinski definition) is 3. The Balaban J connectivity index is 1.87. The number of carbonyl (C=O) groups is 1. The number of para-hydroxylation sites is 1. The minimum absolute atomic E-state index is 0.141. The zero-order valence-electron chi connectivity index (χ0n) is 17.4. The SMILES string of the molecule is CCC1CCCCN1C(=O)c1c(C)c(-c2ccc(OC)cc2)nc2ccccc12. The van der Waals surface area contributed by atoms with E-state index in [9.17, 15) is 4.79 Å². The molecule has 0 aliphatic carbocycles. The van der Waals surface area contributed by atoms with Crippen molar-refractivity contribution in [3.8, 4) is 17.0 Å². The minimum atomic E-state index is 0.141. The largest absolute Gasteiger partial charge is 0.497 e. The van der Waals surface area contributed by atoms with Gasteiger partial charge < -0.3 is 9.64 Å². The molecule has 2 heterocycles. The lowest BCUT2D eigenvalue weighted by Gasteiger charge is -2.36. The van der Waals surface area contributed by atoms with Gasteiger partial charge in [-0.05, 0) is 68.5 Å². The molecule has 0 spiro atoms. The van der Waals surface area contributed by atoms with E-state index in [-0.39, 0.29) is 5.91 Å². The normalized spacial score (nSPS) is 16.8. The highest BCUT2D eigenvalue weighted by atomic mass is 16.5. The van der Waals surface area contributed by atoms with Crippen molar-refractivity contribution in [3.63, 3.8) is 0 Å². The van der Waals surface area contributed by atoms with Gasteiger partial charge in [-0.15, -0.1) is 0 Å². The summed E-state index contributed by atoms with van der Waals surface area (Å²) in [5, 5.41) is 0.938. The molecule has 1 aromatic heterocycles. The van der Waals surface area contributed by atoms with Crippen LogP contribution in [0.15, 0.2) is 48.5 Å². The lowest BCUT2D eigenvalue weighted by molar-refractivity contribution is 0.0609. The highest BCUT2D eigenvalue weighted by Gasteiger charge is 2.29. The van der Waals surface area contributed by atoms with Gasteiger partial charge >= 0.3 is 0 Å². The van der Waals surface area contributed by atoms with Crippen molar-refractivity contribution >= 4 is 16.8 Å². The smallest absolute Gasteiger partial charge is 0.255 e. The van der Waals surface area contributed by atoms with Crippen LogP contribution in [0.4, 0.5) is 0 Å². The maximum absolute atomic E-state index is 13.8. The van der Waals surface area contributed by atoms with E-state index in [1.165, 1.54) is 6.42 Å². The van der Waals surface area contributed by atoms with Crippen molar-refractivity contribution in [2.24, 2.45) is 0 Å².